The third-order valence-electron chi connectivity index (χ3n) is 7.59. The Balaban J connectivity index is 0.00000442. The smallest absolute Gasteiger partial charge is 0.327 e. The van der Waals surface area contributed by atoms with Crippen molar-refractivity contribution in [3.05, 3.63) is 107 Å². The predicted molar refractivity (Wildman–Crippen MR) is 172 cm³/mol. The van der Waals surface area contributed by atoms with E-state index < -0.39 is 32.8 Å². The van der Waals surface area contributed by atoms with Crippen LogP contribution in [-0.4, -0.2) is 62.2 Å². The van der Waals surface area contributed by atoms with Crippen molar-refractivity contribution in [3.63, 3.8) is 0 Å². The van der Waals surface area contributed by atoms with E-state index in [9.17, 15) is 19.7 Å². The number of carbonyl (C=O) groups is 1. The van der Waals surface area contributed by atoms with Gasteiger partial charge in [-0.15, -0.1) is 0 Å². The summed E-state index contributed by atoms with van der Waals surface area (Å²) in [5.41, 5.74) is 5.98. The highest BCUT2D eigenvalue weighted by atomic mass is 31.2. The Morgan fingerprint density at radius 3 is 2.39 bits per heavy atom. The van der Waals surface area contributed by atoms with Crippen molar-refractivity contribution in [2.24, 2.45) is 5.92 Å². The second-order valence-electron chi connectivity index (χ2n) is 10.8. The van der Waals surface area contributed by atoms with Crippen LogP contribution in [0.15, 0.2) is 79.0 Å². The first-order chi connectivity index (χ1) is 20.8. The highest BCUT2D eigenvalue weighted by Gasteiger charge is 2.49. The molecule has 10 heteroatoms. The van der Waals surface area contributed by atoms with Gasteiger partial charge in [-0.25, -0.2) is 0 Å². The van der Waals surface area contributed by atoms with E-state index in [1.54, 1.807) is 12.0 Å². The van der Waals surface area contributed by atoms with Crippen molar-refractivity contribution in [1.82, 2.24) is 15.4 Å². The summed E-state index contributed by atoms with van der Waals surface area (Å²) in [6, 6.07) is 22.9. The maximum absolute atomic E-state index is 13.6. The van der Waals surface area contributed by atoms with E-state index in [2.05, 4.69) is 22.1 Å². The molecule has 0 aliphatic carbocycles. The number of benzene rings is 3. The number of aliphatic hydroxyl groups is 1. The Morgan fingerprint density at radius 1 is 1.07 bits per heavy atom. The predicted octanol–water partition coefficient (Wildman–Crippen LogP) is 4.58. The lowest BCUT2D eigenvalue weighted by atomic mass is 9.92. The lowest BCUT2D eigenvalue weighted by Gasteiger charge is -2.25. The quantitative estimate of drug-likeness (QED) is 0.130. The molecule has 0 spiro atoms. The number of nitrogens with zero attached hydrogens (tertiary/aromatic N) is 1. The van der Waals surface area contributed by atoms with Crippen LogP contribution in [0.1, 0.15) is 42.2 Å². The van der Waals surface area contributed by atoms with Crippen molar-refractivity contribution >= 4 is 25.4 Å². The van der Waals surface area contributed by atoms with Crippen LogP contribution in [0, 0.1) is 24.7 Å². The summed E-state index contributed by atoms with van der Waals surface area (Å²) in [5, 5.41) is 16.2. The summed E-state index contributed by atoms with van der Waals surface area (Å²) in [6.45, 7) is 4.10. The number of aryl methyl sites for hydroxylation is 1. The molecule has 1 aromatic heterocycles. The Hall–Kier alpha value is -3.58. The minimum Gasteiger partial charge on any atom is -0.391 e. The number of fused-ring (bicyclic) bond motifs is 1. The zero-order valence-electron chi connectivity index (χ0n) is 24.1. The maximum Gasteiger partial charge on any atom is 0.327 e. The van der Waals surface area contributed by atoms with Gasteiger partial charge in [-0.3, -0.25) is 9.63 Å². The zero-order chi connectivity index (χ0) is 30.3. The van der Waals surface area contributed by atoms with Crippen LogP contribution in [0.2, 0.25) is 0 Å². The second kappa shape index (κ2) is 15.4. The molecule has 1 aliphatic heterocycles. The standard InChI is InChI=1S/C33H36N3O6P.CH4/c1-22-7-9-24(10-8-22)11-12-25-13-15-26(16-14-25)20-36-31(29(21-41-43(39)40)32(42-36)23(2)37)33(38)34-18-17-27-19-35-30-6-4-3-5-28(27)30;/h3-10,13-16,19,23,29,31-32,35,37,39-40H,17-18,20-21H2,1-2H3,(H,34,38);1H4/t23?,29-,31-,32?;/m0./s1. The zero-order valence-corrected chi connectivity index (χ0v) is 25.0. The molecule has 1 fully saturated rings. The Bertz CT molecular complexity index is 1580. The number of hydrogen-bond donors (Lipinski definition) is 5. The molecule has 0 bridgehead atoms. The molecule has 3 aromatic carbocycles. The van der Waals surface area contributed by atoms with Crippen molar-refractivity contribution in [3.8, 4) is 11.8 Å². The molecular weight excluding hydrogens is 577 g/mol. The monoisotopic (exact) mass is 617 g/mol. The number of aliphatic hydroxyl groups excluding tert-OH is 1. The Morgan fingerprint density at radius 2 is 1.73 bits per heavy atom. The number of para-hydroxylation sites is 1. The van der Waals surface area contributed by atoms with E-state index in [4.69, 9.17) is 9.36 Å². The van der Waals surface area contributed by atoms with Crippen LogP contribution in [0.5, 0.6) is 0 Å². The van der Waals surface area contributed by atoms with Crippen LogP contribution >= 0.6 is 8.60 Å². The second-order valence-corrected chi connectivity index (χ2v) is 11.5. The summed E-state index contributed by atoms with van der Waals surface area (Å²) in [6.07, 6.45) is 0.859. The van der Waals surface area contributed by atoms with Gasteiger partial charge in [0.2, 0.25) is 5.91 Å². The topological polar surface area (TPSA) is 127 Å². The number of nitrogens with one attached hydrogen (secondary N) is 2. The van der Waals surface area contributed by atoms with Gasteiger partial charge in [0.25, 0.3) is 0 Å². The molecule has 1 aliphatic rings. The number of rotatable bonds is 10. The minimum absolute atomic E-state index is 0. The van der Waals surface area contributed by atoms with Crippen LogP contribution in [0.25, 0.3) is 10.9 Å². The molecular formula is C34H40N3O6P. The first-order valence-corrected chi connectivity index (χ1v) is 15.4. The minimum atomic E-state index is -2.64. The third-order valence-corrected chi connectivity index (χ3v) is 7.97. The molecule has 5 rings (SSSR count). The van der Waals surface area contributed by atoms with Gasteiger partial charge in [-0.1, -0.05) is 67.3 Å². The van der Waals surface area contributed by atoms with Crippen LogP contribution in [-0.2, 0) is 27.1 Å². The van der Waals surface area contributed by atoms with E-state index >= 15 is 0 Å². The Kier molecular flexibility index (Phi) is 11.7. The molecule has 5 N–H and O–H groups in total. The highest BCUT2D eigenvalue weighted by molar-refractivity contribution is 7.39. The van der Waals surface area contributed by atoms with Gasteiger partial charge in [0.15, 0.2) is 0 Å². The molecule has 0 saturated carbocycles. The normalized spacial score (nSPS) is 18.9. The highest BCUT2D eigenvalue weighted by Crippen LogP contribution is 2.35. The van der Waals surface area contributed by atoms with Gasteiger partial charge >= 0.3 is 8.60 Å². The summed E-state index contributed by atoms with van der Waals surface area (Å²) in [4.78, 5) is 41.8. The van der Waals surface area contributed by atoms with Crippen LogP contribution in [0.3, 0.4) is 0 Å². The molecule has 4 atom stereocenters. The van der Waals surface area contributed by atoms with Gasteiger partial charge < -0.3 is 29.7 Å². The number of amides is 1. The fraction of sp³-hybridized carbons (Fsp3) is 0.324. The van der Waals surface area contributed by atoms with E-state index in [0.717, 1.165) is 33.2 Å². The lowest BCUT2D eigenvalue weighted by Crippen LogP contribution is -2.48. The largest absolute Gasteiger partial charge is 0.391 e. The van der Waals surface area contributed by atoms with Crippen LogP contribution < -0.4 is 5.32 Å². The summed E-state index contributed by atoms with van der Waals surface area (Å²) >= 11 is 0. The molecule has 2 unspecified atom stereocenters. The average molecular weight is 618 g/mol. The van der Waals surface area contributed by atoms with Gasteiger partial charge in [0.05, 0.1) is 19.3 Å². The van der Waals surface area contributed by atoms with E-state index in [-0.39, 0.29) is 26.5 Å². The first kappa shape index (κ1) is 33.3. The number of aromatic nitrogens is 1. The van der Waals surface area contributed by atoms with Crippen molar-refractivity contribution < 1.29 is 29.0 Å². The molecule has 1 amide bonds. The van der Waals surface area contributed by atoms with E-state index in [1.165, 1.54) is 5.56 Å². The number of H-pyrrole nitrogens is 1. The first-order valence-electron chi connectivity index (χ1n) is 14.2. The molecule has 4 aromatic rings. The average Bonchev–Trinajstić information content (AvgIpc) is 3.58. The Labute approximate surface area is 259 Å². The van der Waals surface area contributed by atoms with Gasteiger partial charge in [0, 0.05) is 40.7 Å². The molecule has 44 heavy (non-hydrogen) atoms. The van der Waals surface area contributed by atoms with E-state index in [0.29, 0.717) is 13.0 Å². The number of aromatic amines is 1. The van der Waals surface area contributed by atoms with Crippen molar-refractivity contribution in [1.29, 1.82) is 0 Å². The van der Waals surface area contributed by atoms with Gasteiger partial charge in [-0.05, 0) is 61.7 Å². The molecule has 2 heterocycles. The number of carbonyl (C=O) groups excluding carboxylic acids is 1. The molecule has 1 saturated heterocycles. The van der Waals surface area contributed by atoms with Crippen molar-refractivity contribution in [2.45, 2.75) is 52.5 Å². The summed E-state index contributed by atoms with van der Waals surface area (Å²) in [7, 11) is -2.64. The summed E-state index contributed by atoms with van der Waals surface area (Å²) in [5.74, 6) is 5.41. The maximum atomic E-state index is 13.6. The lowest BCUT2D eigenvalue weighted by molar-refractivity contribution is -0.192. The van der Waals surface area contributed by atoms with E-state index in [1.807, 2.05) is 85.9 Å². The number of hydrogen-bond acceptors (Lipinski definition) is 7. The SMILES string of the molecule is C.Cc1ccc(C#Cc2ccc(CN3OC(C(C)O)[C@@H](COP(O)O)[C@H]3C(=O)NCCc3c[nH]c4ccccc34)cc2)cc1. The fourth-order valence-electron chi connectivity index (χ4n) is 5.36. The molecule has 9 nitrogen and oxygen atoms in total. The number of hydroxylamine groups is 2. The van der Waals surface area contributed by atoms with Crippen molar-refractivity contribution in [2.75, 3.05) is 13.2 Å². The summed E-state index contributed by atoms with van der Waals surface area (Å²) < 4.78 is 5.14. The van der Waals surface area contributed by atoms with Gasteiger partial charge in [-0.2, -0.15) is 5.06 Å². The fourth-order valence-corrected chi connectivity index (χ4v) is 5.66. The van der Waals surface area contributed by atoms with Gasteiger partial charge in [0.1, 0.15) is 12.1 Å². The molecule has 232 valence electrons. The molecule has 0 radical (unpaired) electrons. The third kappa shape index (κ3) is 8.32. The van der Waals surface area contributed by atoms with Crippen LogP contribution in [0.4, 0.5) is 0 Å².